The molecule has 5 heteroatoms. The van der Waals surface area contributed by atoms with Crippen LogP contribution >= 0.6 is 11.6 Å². The summed E-state index contributed by atoms with van der Waals surface area (Å²) in [6.45, 7) is 9.45. The van der Waals surface area contributed by atoms with Gasteiger partial charge in [-0.05, 0) is 86.7 Å². The van der Waals surface area contributed by atoms with Gasteiger partial charge in [0.25, 0.3) is 0 Å². The number of allylic oxidation sites excluding steroid dienone is 2. The van der Waals surface area contributed by atoms with Gasteiger partial charge in [0.1, 0.15) is 11.4 Å². The van der Waals surface area contributed by atoms with Crippen molar-refractivity contribution >= 4 is 17.6 Å². The lowest BCUT2D eigenvalue weighted by Gasteiger charge is -2.41. The van der Waals surface area contributed by atoms with Crippen LogP contribution in [0.2, 0.25) is 0 Å². The van der Waals surface area contributed by atoms with E-state index in [0.717, 1.165) is 35.6 Å². The van der Waals surface area contributed by atoms with Crippen molar-refractivity contribution in [3.05, 3.63) is 87.5 Å². The number of ether oxygens (including phenoxy) is 1. The summed E-state index contributed by atoms with van der Waals surface area (Å²) in [7, 11) is 2.10. The molecule has 2 aliphatic rings. The minimum atomic E-state index is -0.904. The average Bonchev–Trinajstić information content (AvgIpc) is 2.78. The molecule has 0 spiro atoms. The molecule has 4 rings (SSSR count). The Morgan fingerprint density at radius 1 is 1.24 bits per heavy atom. The SMILES string of the molecule is CN(Cc1cccc(C(=O)O)c1)C1CC=C(Cl)C=C1C(C)(C)c1ccc2c(c1)CCC(C)(C)O2. The maximum Gasteiger partial charge on any atom is 0.335 e. The van der Waals surface area contributed by atoms with Crippen LogP contribution < -0.4 is 4.74 Å². The van der Waals surface area contributed by atoms with E-state index in [9.17, 15) is 9.90 Å². The molecule has 0 bridgehead atoms. The van der Waals surface area contributed by atoms with Gasteiger partial charge in [0.2, 0.25) is 0 Å². The van der Waals surface area contributed by atoms with E-state index < -0.39 is 5.97 Å². The molecule has 1 aliphatic heterocycles. The van der Waals surface area contributed by atoms with Crippen molar-refractivity contribution in [3.8, 4) is 5.75 Å². The standard InChI is InChI=1S/C29H34ClNO3/c1-28(2)14-13-20-16-22(9-12-26(20)34-28)29(3,4)24-17-23(30)10-11-25(24)31(5)18-19-7-6-8-21(15-19)27(32)33/h6-10,12,15-17,25H,11,13-14,18H2,1-5H3,(H,32,33). The number of hydrogen-bond acceptors (Lipinski definition) is 3. The Labute approximate surface area is 207 Å². The number of aromatic carboxylic acids is 1. The van der Waals surface area contributed by atoms with Gasteiger partial charge in [-0.3, -0.25) is 4.90 Å². The Balaban J connectivity index is 1.62. The number of aryl methyl sites for hydroxylation is 1. The van der Waals surface area contributed by atoms with Crippen molar-refractivity contribution in [2.45, 2.75) is 70.6 Å². The molecule has 1 heterocycles. The topological polar surface area (TPSA) is 49.8 Å². The third kappa shape index (κ3) is 5.08. The summed E-state index contributed by atoms with van der Waals surface area (Å²) in [6.07, 6.45) is 7.00. The van der Waals surface area contributed by atoms with Crippen molar-refractivity contribution in [2.75, 3.05) is 7.05 Å². The van der Waals surface area contributed by atoms with E-state index in [1.54, 1.807) is 18.2 Å². The maximum absolute atomic E-state index is 11.4. The van der Waals surface area contributed by atoms with Gasteiger partial charge >= 0.3 is 5.97 Å². The van der Waals surface area contributed by atoms with Crippen molar-refractivity contribution < 1.29 is 14.6 Å². The summed E-state index contributed by atoms with van der Waals surface area (Å²) in [6, 6.07) is 13.9. The molecule has 180 valence electrons. The Kier molecular flexibility index (Phi) is 6.67. The lowest BCUT2D eigenvalue weighted by atomic mass is 9.71. The van der Waals surface area contributed by atoms with Crippen LogP contribution in [0, 0.1) is 0 Å². The summed E-state index contributed by atoms with van der Waals surface area (Å²) in [5, 5.41) is 10.1. The number of carboxylic acid groups (broad SMARTS) is 1. The van der Waals surface area contributed by atoms with Crippen LogP contribution in [0.3, 0.4) is 0 Å². The van der Waals surface area contributed by atoms with Crippen molar-refractivity contribution in [2.24, 2.45) is 0 Å². The molecule has 4 nitrogen and oxygen atoms in total. The molecule has 0 radical (unpaired) electrons. The first-order chi connectivity index (χ1) is 16.0. The van der Waals surface area contributed by atoms with Gasteiger partial charge in [-0.25, -0.2) is 4.79 Å². The molecular formula is C29H34ClNO3. The van der Waals surface area contributed by atoms with Crippen LogP contribution in [0.5, 0.6) is 5.75 Å². The van der Waals surface area contributed by atoms with E-state index in [-0.39, 0.29) is 17.1 Å². The Hall–Kier alpha value is -2.56. The van der Waals surface area contributed by atoms with E-state index in [1.807, 2.05) is 6.07 Å². The highest BCUT2D eigenvalue weighted by Gasteiger charge is 2.36. The predicted octanol–water partition coefficient (Wildman–Crippen LogP) is 6.72. The molecule has 1 aliphatic carbocycles. The molecule has 2 aromatic carbocycles. The van der Waals surface area contributed by atoms with Crippen molar-refractivity contribution in [3.63, 3.8) is 0 Å². The summed E-state index contributed by atoms with van der Waals surface area (Å²) in [5.74, 6) is 0.0803. The number of carbonyl (C=O) groups is 1. The second-order valence-electron chi connectivity index (χ2n) is 10.7. The Bertz CT molecular complexity index is 1160. The van der Waals surface area contributed by atoms with Gasteiger partial charge in [-0.2, -0.15) is 0 Å². The molecule has 0 saturated carbocycles. The molecule has 1 N–H and O–H groups in total. The zero-order valence-electron chi connectivity index (χ0n) is 20.7. The second-order valence-corrected chi connectivity index (χ2v) is 11.1. The first-order valence-corrected chi connectivity index (χ1v) is 12.3. The van der Waals surface area contributed by atoms with E-state index in [1.165, 1.54) is 16.7 Å². The number of hydrogen-bond donors (Lipinski definition) is 1. The number of nitrogens with zero attached hydrogens (tertiary/aromatic N) is 1. The fourth-order valence-electron chi connectivity index (χ4n) is 5.08. The smallest absolute Gasteiger partial charge is 0.335 e. The van der Waals surface area contributed by atoms with Crippen LogP contribution in [0.4, 0.5) is 0 Å². The third-order valence-electron chi connectivity index (χ3n) is 7.21. The number of rotatable bonds is 6. The molecule has 0 amide bonds. The fraction of sp³-hybridized carbons (Fsp3) is 0.414. The van der Waals surface area contributed by atoms with Crippen molar-refractivity contribution in [1.82, 2.24) is 4.90 Å². The van der Waals surface area contributed by atoms with Gasteiger partial charge in [0.15, 0.2) is 0 Å². The second kappa shape index (κ2) is 9.24. The molecule has 0 saturated heterocycles. The van der Waals surface area contributed by atoms with Crippen LogP contribution in [0.15, 0.2) is 65.2 Å². The highest BCUT2D eigenvalue weighted by atomic mass is 35.5. The number of likely N-dealkylation sites (N-methyl/N-ethyl adjacent to an activating group) is 1. The largest absolute Gasteiger partial charge is 0.488 e. The molecule has 34 heavy (non-hydrogen) atoms. The first-order valence-electron chi connectivity index (χ1n) is 11.9. The van der Waals surface area contributed by atoms with Gasteiger partial charge in [-0.1, -0.05) is 55.8 Å². The van der Waals surface area contributed by atoms with E-state index in [0.29, 0.717) is 12.1 Å². The molecular weight excluding hydrogens is 446 g/mol. The quantitative estimate of drug-likeness (QED) is 0.499. The van der Waals surface area contributed by atoms with Crippen LogP contribution in [0.1, 0.15) is 67.6 Å². The lowest BCUT2D eigenvalue weighted by Crippen LogP contribution is -2.40. The number of benzene rings is 2. The monoisotopic (exact) mass is 479 g/mol. The van der Waals surface area contributed by atoms with Crippen LogP contribution in [0.25, 0.3) is 0 Å². The highest BCUT2D eigenvalue weighted by Crippen LogP contribution is 2.42. The van der Waals surface area contributed by atoms with E-state index >= 15 is 0 Å². The van der Waals surface area contributed by atoms with E-state index in [2.05, 4.69) is 70.0 Å². The Morgan fingerprint density at radius 3 is 2.74 bits per heavy atom. The van der Waals surface area contributed by atoms with Gasteiger partial charge in [0, 0.05) is 23.0 Å². The number of carboxylic acids is 1. The zero-order chi connectivity index (χ0) is 24.7. The predicted molar refractivity (Wildman–Crippen MR) is 138 cm³/mol. The molecule has 1 unspecified atom stereocenters. The average molecular weight is 480 g/mol. The summed E-state index contributed by atoms with van der Waals surface area (Å²) < 4.78 is 6.21. The minimum Gasteiger partial charge on any atom is -0.488 e. The van der Waals surface area contributed by atoms with Gasteiger partial charge in [-0.15, -0.1) is 0 Å². The Morgan fingerprint density at radius 2 is 2.00 bits per heavy atom. The van der Waals surface area contributed by atoms with Crippen LogP contribution in [-0.4, -0.2) is 34.7 Å². The molecule has 2 aromatic rings. The first kappa shape index (κ1) is 24.6. The number of fused-ring (bicyclic) bond motifs is 1. The summed E-state index contributed by atoms with van der Waals surface area (Å²) >= 11 is 6.52. The lowest BCUT2D eigenvalue weighted by molar-refractivity contribution is 0.0696. The van der Waals surface area contributed by atoms with Crippen molar-refractivity contribution in [1.29, 1.82) is 0 Å². The number of halogens is 1. The fourth-order valence-corrected chi connectivity index (χ4v) is 5.29. The maximum atomic E-state index is 11.4. The third-order valence-corrected chi connectivity index (χ3v) is 7.48. The van der Waals surface area contributed by atoms with Gasteiger partial charge in [0.05, 0.1) is 5.56 Å². The summed E-state index contributed by atoms with van der Waals surface area (Å²) in [5.41, 5.74) is 4.70. The summed E-state index contributed by atoms with van der Waals surface area (Å²) in [4.78, 5) is 13.7. The van der Waals surface area contributed by atoms with E-state index in [4.69, 9.17) is 16.3 Å². The molecule has 0 fully saturated rings. The minimum absolute atomic E-state index is 0.125. The van der Waals surface area contributed by atoms with Gasteiger partial charge < -0.3 is 9.84 Å². The zero-order valence-corrected chi connectivity index (χ0v) is 21.4. The normalized spacial score (nSPS) is 19.7. The molecule has 1 atom stereocenters. The molecule has 0 aromatic heterocycles. The highest BCUT2D eigenvalue weighted by molar-refractivity contribution is 6.31. The van der Waals surface area contributed by atoms with Crippen LogP contribution in [-0.2, 0) is 18.4 Å².